The summed E-state index contributed by atoms with van der Waals surface area (Å²) >= 11 is 0. The summed E-state index contributed by atoms with van der Waals surface area (Å²) < 4.78 is 5.54. The first-order chi connectivity index (χ1) is 9.12. The third-order valence-electron chi connectivity index (χ3n) is 3.56. The summed E-state index contributed by atoms with van der Waals surface area (Å²) in [6, 6.07) is 6.04. The van der Waals surface area contributed by atoms with Gasteiger partial charge in [0.15, 0.2) is 0 Å². The summed E-state index contributed by atoms with van der Waals surface area (Å²) in [5.41, 5.74) is 1.79. The molecule has 0 N–H and O–H groups in total. The van der Waals surface area contributed by atoms with E-state index in [1.165, 1.54) is 0 Å². The summed E-state index contributed by atoms with van der Waals surface area (Å²) in [5, 5.41) is 0. The SMILES string of the molecule is Cc1cc(C)cc(C2(C(=O)OC(C)(C)C)CC(=O)C2)c1. The Kier molecular flexibility index (Phi) is 3.49. The van der Waals surface area contributed by atoms with Crippen LogP contribution in [0.1, 0.15) is 50.3 Å². The van der Waals surface area contributed by atoms with Crippen LogP contribution in [0.4, 0.5) is 0 Å². The maximum atomic E-state index is 12.6. The van der Waals surface area contributed by atoms with Crippen molar-refractivity contribution in [1.29, 1.82) is 0 Å². The molecule has 1 aliphatic carbocycles. The molecular weight excluding hydrogens is 252 g/mol. The number of aryl methyl sites for hydroxylation is 2. The fourth-order valence-electron chi connectivity index (χ4n) is 2.71. The van der Waals surface area contributed by atoms with Crippen molar-refractivity contribution in [2.75, 3.05) is 0 Å². The van der Waals surface area contributed by atoms with Gasteiger partial charge in [0, 0.05) is 12.8 Å². The molecule has 0 aromatic heterocycles. The van der Waals surface area contributed by atoms with Gasteiger partial charge in [-0.15, -0.1) is 0 Å². The topological polar surface area (TPSA) is 43.4 Å². The van der Waals surface area contributed by atoms with Crippen LogP contribution in [0.25, 0.3) is 0 Å². The third kappa shape index (κ3) is 2.77. The zero-order valence-corrected chi connectivity index (χ0v) is 12.9. The van der Waals surface area contributed by atoms with Crippen LogP contribution < -0.4 is 0 Å². The molecule has 20 heavy (non-hydrogen) atoms. The number of carbonyl (C=O) groups is 2. The number of rotatable bonds is 2. The molecular formula is C17H22O3. The highest BCUT2D eigenvalue weighted by Gasteiger charge is 2.53. The van der Waals surface area contributed by atoms with Gasteiger partial charge in [-0.1, -0.05) is 29.3 Å². The quantitative estimate of drug-likeness (QED) is 0.778. The van der Waals surface area contributed by atoms with Gasteiger partial charge in [-0.05, 0) is 40.2 Å². The second-order valence-electron chi connectivity index (χ2n) is 6.85. The van der Waals surface area contributed by atoms with Gasteiger partial charge in [-0.2, -0.15) is 0 Å². The number of ketones is 1. The largest absolute Gasteiger partial charge is 0.459 e. The molecule has 0 radical (unpaired) electrons. The lowest BCUT2D eigenvalue weighted by Crippen LogP contribution is -2.51. The molecule has 0 spiro atoms. The average molecular weight is 274 g/mol. The zero-order valence-electron chi connectivity index (χ0n) is 12.9. The minimum atomic E-state index is -0.777. The van der Waals surface area contributed by atoms with E-state index in [0.29, 0.717) is 0 Å². The molecule has 3 heteroatoms. The van der Waals surface area contributed by atoms with Crippen LogP contribution in [0.3, 0.4) is 0 Å². The van der Waals surface area contributed by atoms with Gasteiger partial charge in [0.25, 0.3) is 0 Å². The monoisotopic (exact) mass is 274 g/mol. The second-order valence-corrected chi connectivity index (χ2v) is 6.85. The Balaban J connectivity index is 2.40. The van der Waals surface area contributed by atoms with Gasteiger partial charge in [0.2, 0.25) is 0 Å². The summed E-state index contributed by atoms with van der Waals surface area (Å²) in [6.45, 7) is 9.54. The van der Waals surface area contributed by atoms with Gasteiger partial charge in [0.05, 0.1) is 0 Å². The number of hydrogen-bond acceptors (Lipinski definition) is 3. The van der Waals surface area contributed by atoms with E-state index in [0.717, 1.165) is 16.7 Å². The van der Waals surface area contributed by atoms with Crippen molar-refractivity contribution in [3.8, 4) is 0 Å². The molecule has 1 aromatic rings. The number of benzene rings is 1. The lowest BCUT2D eigenvalue weighted by Gasteiger charge is -2.40. The van der Waals surface area contributed by atoms with E-state index in [2.05, 4.69) is 6.07 Å². The maximum absolute atomic E-state index is 12.6. The summed E-state index contributed by atoms with van der Waals surface area (Å²) in [4.78, 5) is 24.1. The second kappa shape index (κ2) is 4.72. The number of carbonyl (C=O) groups excluding carboxylic acids is 2. The Morgan fingerprint density at radius 3 is 2.00 bits per heavy atom. The fraction of sp³-hybridized carbons (Fsp3) is 0.529. The van der Waals surface area contributed by atoms with Crippen molar-refractivity contribution in [2.24, 2.45) is 0 Å². The van der Waals surface area contributed by atoms with Crippen molar-refractivity contribution in [3.05, 3.63) is 34.9 Å². The Hall–Kier alpha value is -1.64. The van der Waals surface area contributed by atoms with E-state index < -0.39 is 11.0 Å². The van der Waals surface area contributed by atoms with Crippen molar-refractivity contribution in [3.63, 3.8) is 0 Å². The normalized spacial score (nSPS) is 17.6. The third-order valence-corrected chi connectivity index (χ3v) is 3.56. The molecule has 1 aromatic carbocycles. The van der Waals surface area contributed by atoms with Crippen LogP contribution in [0.2, 0.25) is 0 Å². The molecule has 1 fully saturated rings. The van der Waals surface area contributed by atoms with Crippen LogP contribution in [0.5, 0.6) is 0 Å². The fourth-order valence-corrected chi connectivity index (χ4v) is 2.71. The molecule has 3 nitrogen and oxygen atoms in total. The zero-order chi connectivity index (χ0) is 15.1. The minimum Gasteiger partial charge on any atom is -0.459 e. The molecule has 0 bridgehead atoms. The van der Waals surface area contributed by atoms with Gasteiger partial charge in [-0.25, -0.2) is 0 Å². The summed E-state index contributed by atoms with van der Waals surface area (Å²) in [7, 11) is 0. The van der Waals surface area contributed by atoms with Gasteiger partial charge in [0.1, 0.15) is 16.8 Å². The standard InChI is InChI=1S/C17H22O3/c1-11-6-12(2)8-13(7-11)17(9-14(18)10-17)15(19)20-16(3,4)5/h6-8H,9-10H2,1-5H3. The van der Waals surface area contributed by atoms with E-state index in [9.17, 15) is 9.59 Å². The number of hydrogen-bond donors (Lipinski definition) is 0. The van der Waals surface area contributed by atoms with Crippen LogP contribution in [0, 0.1) is 13.8 Å². The number of esters is 1. The Morgan fingerprint density at radius 1 is 1.10 bits per heavy atom. The lowest BCUT2D eigenvalue weighted by molar-refractivity contribution is -0.169. The van der Waals surface area contributed by atoms with Crippen molar-refractivity contribution < 1.29 is 14.3 Å². The molecule has 1 saturated carbocycles. The van der Waals surface area contributed by atoms with Crippen molar-refractivity contribution in [2.45, 2.75) is 58.5 Å². The van der Waals surface area contributed by atoms with E-state index in [-0.39, 0.29) is 24.6 Å². The molecule has 0 saturated heterocycles. The van der Waals surface area contributed by atoms with Crippen molar-refractivity contribution in [1.82, 2.24) is 0 Å². The molecule has 1 aliphatic rings. The summed E-state index contributed by atoms with van der Waals surface area (Å²) in [6.07, 6.45) is 0.510. The van der Waals surface area contributed by atoms with Gasteiger partial charge in [-0.3, -0.25) is 9.59 Å². The summed E-state index contributed by atoms with van der Waals surface area (Å²) in [5.74, 6) is -0.162. The van der Waals surface area contributed by atoms with Gasteiger partial charge >= 0.3 is 5.97 Å². The number of Topliss-reactive ketones (excluding diaryl/α,β-unsaturated/α-hetero) is 1. The first-order valence-corrected chi connectivity index (χ1v) is 6.96. The molecule has 0 unspecified atom stereocenters. The van der Waals surface area contributed by atoms with E-state index in [1.54, 1.807) is 0 Å². The van der Waals surface area contributed by atoms with Crippen LogP contribution >= 0.6 is 0 Å². The van der Waals surface area contributed by atoms with Gasteiger partial charge < -0.3 is 4.74 Å². The maximum Gasteiger partial charge on any atom is 0.317 e. The van der Waals surface area contributed by atoms with Crippen molar-refractivity contribution >= 4 is 11.8 Å². The van der Waals surface area contributed by atoms with E-state index in [1.807, 2.05) is 46.8 Å². The molecule has 2 rings (SSSR count). The smallest absolute Gasteiger partial charge is 0.317 e. The Labute approximate surface area is 120 Å². The molecule has 0 aliphatic heterocycles. The Morgan fingerprint density at radius 2 is 1.60 bits per heavy atom. The molecule has 108 valence electrons. The first kappa shape index (κ1) is 14.8. The molecule has 0 heterocycles. The first-order valence-electron chi connectivity index (χ1n) is 6.96. The highest BCUT2D eigenvalue weighted by molar-refractivity contribution is 6.02. The van der Waals surface area contributed by atoms with Crippen LogP contribution in [-0.4, -0.2) is 17.4 Å². The predicted octanol–water partition coefficient (Wildman–Crippen LogP) is 3.25. The minimum absolute atomic E-state index is 0.120. The van der Waals surface area contributed by atoms with E-state index in [4.69, 9.17) is 4.74 Å². The lowest BCUT2D eigenvalue weighted by atomic mass is 9.63. The average Bonchev–Trinajstić information content (AvgIpc) is 2.20. The molecule has 0 atom stereocenters. The van der Waals surface area contributed by atoms with Crippen LogP contribution in [-0.2, 0) is 19.7 Å². The Bertz CT molecular complexity index is 536. The number of ether oxygens (including phenoxy) is 1. The highest BCUT2D eigenvalue weighted by Crippen LogP contribution is 2.43. The van der Waals surface area contributed by atoms with E-state index >= 15 is 0 Å². The molecule has 0 amide bonds. The highest BCUT2D eigenvalue weighted by atomic mass is 16.6. The van der Waals surface area contributed by atoms with Crippen LogP contribution in [0.15, 0.2) is 18.2 Å². The predicted molar refractivity (Wildman–Crippen MR) is 77.7 cm³/mol.